The van der Waals surface area contributed by atoms with Gasteiger partial charge in [0, 0.05) is 0 Å². The molecule has 0 aliphatic rings. The lowest BCUT2D eigenvalue weighted by molar-refractivity contribution is -0.131. The largest absolute Gasteiger partial charge is 0.391 e. The fourth-order valence-corrected chi connectivity index (χ4v) is 6.72. The molecule has 0 aromatic carbocycles. The fourth-order valence-electron chi connectivity index (χ4n) is 5.96. The van der Waals surface area contributed by atoms with Crippen LogP contribution in [-0.4, -0.2) is 53.1 Å². The molecule has 47 heavy (non-hydrogen) atoms. The summed E-state index contributed by atoms with van der Waals surface area (Å²) in [5, 5.41) is 23.4. The number of carbonyl (C=O) groups is 1. The number of allylic oxidation sites excluding steroid dienone is 4. The van der Waals surface area contributed by atoms with Crippen LogP contribution in [0.25, 0.3) is 0 Å². The quantitative estimate of drug-likeness (QED) is 0.0299. The van der Waals surface area contributed by atoms with E-state index in [2.05, 4.69) is 43.5 Å². The molecule has 0 spiro atoms. The maximum Gasteiger partial charge on any atom is 0.266 e. The summed E-state index contributed by atoms with van der Waals surface area (Å²) in [5.41, 5.74) is 0. The van der Waals surface area contributed by atoms with Gasteiger partial charge in [-0.1, -0.05) is 173 Å². The molecule has 0 fully saturated rings. The highest BCUT2D eigenvalue weighted by Gasteiger charge is 2.28. The normalized spacial score (nSPS) is 14.2. The second-order valence-corrected chi connectivity index (χ2v) is 15.2. The van der Waals surface area contributed by atoms with Crippen molar-refractivity contribution in [2.45, 2.75) is 212 Å². The standard InChI is InChI=1S/C39H75NO6S/c1-3-5-7-9-11-13-14-15-16-17-18-19-20-21-22-23-24-25-26-28-30-32-34-38(42)39(43)40-36(35-47(44,45)46)37(41)33-31-29-27-12-10-8-6-4-2/h18-19,21-22,36-38,41-42H,3-17,20,23-35H2,1-2H3,(H,40,43)(H,44,45,46)/b19-18-,22-21-. The molecule has 0 bridgehead atoms. The molecule has 0 rings (SSSR count). The highest BCUT2D eigenvalue weighted by Crippen LogP contribution is 2.15. The lowest BCUT2D eigenvalue weighted by Gasteiger charge is -2.24. The van der Waals surface area contributed by atoms with Crippen LogP contribution in [0.4, 0.5) is 0 Å². The van der Waals surface area contributed by atoms with Crippen LogP contribution in [0, 0.1) is 0 Å². The lowest BCUT2D eigenvalue weighted by Crippen LogP contribution is -2.50. The van der Waals surface area contributed by atoms with E-state index >= 15 is 0 Å². The summed E-state index contributed by atoms with van der Waals surface area (Å²) >= 11 is 0. The Balaban J connectivity index is 3.92. The molecule has 0 radical (unpaired) electrons. The molecule has 4 N–H and O–H groups in total. The Morgan fingerprint density at radius 1 is 0.574 bits per heavy atom. The molecule has 3 unspecified atom stereocenters. The van der Waals surface area contributed by atoms with Gasteiger partial charge in [0.15, 0.2) is 0 Å². The number of rotatable bonds is 35. The molecule has 1 amide bonds. The average molecular weight is 686 g/mol. The molecular formula is C39H75NO6S. The van der Waals surface area contributed by atoms with Crippen LogP contribution in [0.5, 0.6) is 0 Å². The minimum absolute atomic E-state index is 0.286. The van der Waals surface area contributed by atoms with Crippen LogP contribution in [-0.2, 0) is 14.9 Å². The first kappa shape index (κ1) is 45.8. The molecule has 0 aliphatic carbocycles. The maximum absolute atomic E-state index is 12.5. The van der Waals surface area contributed by atoms with Gasteiger partial charge in [-0.2, -0.15) is 8.42 Å². The van der Waals surface area contributed by atoms with Crippen LogP contribution < -0.4 is 5.32 Å². The van der Waals surface area contributed by atoms with Gasteiger partial charge in [0.1, 0.15) is 6.10 Å². The van der Waals surface area contributed by atoms with E-state index in [1.807, 2.05) is 0 Å². The minimum atomic E-state index is -4.40. The predicted molar refractivity (Wildman–Crippen MR) is 199 cm³/mol. The highest BCUT2D eigenvalue weighted by molar-refractivity contribution is 7.85. The first-order valence-electron chi connectivity index (χ1n) is 19.6. The van der Waals surface area contributed by atoms with Crippen molar-refractivity contribution in [2.24, 2.45) is 0 Å². The number of hydrogen-bond donors (Lipinski definition) is 4. The molecule has 0 aromatic heterocycles. The van der Waals surface area contributed by atoms with Gasteiger partial charge in [0.25, 0.3) is 10.1 Å². The van der Waals surface area contributed by atoms with Gasteiger partial charge in [-0.25, -0.2) is 0 Å². The van der Waals surface area contributed by atoms with Crippen molar-refractivity contribution >= 4 is 16.0 Å². The van der Waals surface area contributed by atoms with Gasteiger partial charge in [-0.15, -0.1) is 0 Å². The van der Waals surface area contributed by atoms with Crippen LogP contribution in [0.15, 0.2) is 24.3 Å². The number of hydrogen-bond acceptors (Lipinski definition) is 5. The molecule has 0 saturated heterocycles. The van der Waals surface area contributed by atoms with Crippen molar-refractivity contribution in [3.63, 3.8) is 0 Å². The fraction of sp³-hybridized carbons (Fsp3) is 0.872. The summed E-state index contributed by atoms with van der Waals surface area (Å²) in [6, 6.07) is -1.15. The van der Waals surface area contributed by atoms with Gasteiger partial charge < -0.3 is 15.5 Å². The average Bonchev–Trinajstić information content (AvgIpc) is 3.03. The van der Waals surface area contributed by atoms with E-state index < -0.39 is 40.0 Å². The number of aliphatic hydroxyl groups excluding tert-OH is 2. The zero-order chi connectivity index (χ0) is 34.9. The van der Waals surface area contributed by atoms with Gasteiger partial charge in [0.2, 0.25) is 5.91 Å². The zero-order valence-corrected chi connectivity index (χ0v) is 31.3. The summed E-state index contributed by atoms with van der Waals surface area (Å²) in [4.78, 5) is 12.5. The first-order chi connectivity index (χ1) is 22.7. The Hall–Kier alpha value is -1.22. The molecule has 0 heterocycles. The molecule has 8 heteroatoms. The van der Waals surface area contributed by atoms with Gasteiger partial charge in [-0.3, -0.25) is 9.35 Å². The van der Waals surface area contributed by atoms with Crippen LogP contribution in [0.3, 0.4) is 0 Å². The lowest BCUT2D eigenvalue weighted by atomic mass is 10.0. The van der Waals surface area contributed by atoms with Crippen molar-refractivity contribution in [2.75, 3.05) is 5.75 Å². The van der Waals surface area contributed by atoms with E-state index in [-0.39, 0.29) is 6.42 Å². The predicted octanol–water partition coefficient (Wildman–Crippen LogP) is 10.2. The summed E-state index contributed by atoms with van der Waals surface area (Å²) < 4.78 is 32.3. The van der Waals surface area contributed by atoms with Crippen LogP contribution >= 0.6 is 0 Å². The molecule has 0 aromatic rings. The Morgan fingerprint density at radius 3 is 1.38 bits per heavy atom. The number of nitrogens with one attached hydrogen (secondary N) is 1. The van der Waals surface area contributed by atoms with Crippen molar-refractivity contribution < 1.29 is 28.0 Å². The SMILES string of the molecule is CCCCCCCCCCC/C=C\C/C=C\CCCCCCCCC(O)C(=O)NC(CS(=O)(=O)O)C(O)CCCCCCCCCC. The van der Waals surface area contributed by atoms with E-state index in [0.717, 1.165) is 57.8 Å². The molecular weight excluding hydrogens is 610 g/mol. The van der Waals surface area contributed by atoms with Gasteiger partial charge in [-0.05, 0) is 44.9 Å². The second kappa shape index (κ2) is 33.3. The Kier molecular flexibility index (Phi) is 32.4. The second-order valence-electron chi connectivity index (χ2n) is 13.7. The first-order valence-corrected chi connectivity index (χ1v) is 21.2. The van der Waals surface area contributed by atoms with Crippen molar-refractivity contribution in [1.29, 1.82) is 0 Å². The Bertz CT molecular complexity index is 860. The third-order valence-corrected chi connectivity index (χ3v) is 9.80. The molecule has 278 valence electrons. The topological polar surface area (TPSA) is 124 Å². The Morgan fingerprint density at radius 2 is 0.957 bits per heavy atom. The van der Waals surface area contributed by atoms with Crippen molar-refractivity contribution in [3.8, 4) is 0 Å². The molecule has 7 nitrogen and oxygen atoms in total. The maximum atomic E-state index is 12.5. The summed E-state index contributed by atoms with van der Waals surface area (Å²) in [6.45, 7) is 4.45. The van der Waals surface area contributed by atoms with Gasteiger partial charge >= 0.3 is 0 Å². The van der Waals surface area contributed by atoms with Crippen LogP contribution in [0.2, 0.25) is 0 Å². The number of carbonyl (C=O) groups excluding carboxylic acids is 1. The monoisotopic (exact) mass is 686 g/mol. The van der Waals surface area contributed by atoms with Crippen molar-refractivity contribution in [3.05, 3.63) is 24.3 Å². The van der Waals surface area contributed by atoms with E-state index in [9.17, 15) is 28.0 Å². The summed E-state index contributed by atoms with van der Waals surface area (Å²) in [7, 11) is -4.40. The smallest absolute Gasteiger partial charge is 0.266 e. The molecule has 0 saturated carbocycles. The van der Waals surface area contributed by atoms with E-state index in [4.69, 9.17) is 0 Å². The van der Waals surface area contributed by atoms with E-state index in [1.54, 1.807) is 0 Å². The number of unbranched alkanes of at least 4 members (excludes halogenated alkanes) is 22. The van der Waals surface area contributed by atoms with E-state index in [0.29, 0.717) is 19.3 Å². The number of amides is 1. The van der Waals surface area contributed by atoms with Crippen LogP contribution in [0.1, 0.15) is 194 Å². The Labute approximate surface area is 290 Å². The third-order valence-electron chi connectivity index (χ3n) is 9.02. The van der Waals surface area contributed by atoms with Gasteiger partial charge in [0.05, 0.1) is 17.9 Å². The minimum Gasteiger partial charge on any atom is -0.391 e. The number of aliphatic hydroxyl groups is 2. The third kappa shape index (κ3) is 33.1. The van der Waals surface area contributed by atoms with Crippen molar-refractivity contribution in [1.82, 2.24) is 5.32 Å². The summed E-state index contributed by atoms with van der Waals surface area (Å²) in [6.07, 6.45) is 37.9. The molecule has 3 atom stereocenters. The van der Waals surface area contributed by atoms with E-state index in [1.165, 1.54) is 96.3 Å². The molecule has 0 aliphatic heterocycles. The summed E-state index contributed by atoms with van der Waals surface area (Å²) in [5.74, 6) is -1.46. The highest BCUT2D eigenvalue weighted by atomic mass is 32.2. The zero-order valence-electron chi connectivity index (χ0n) is 30.5.